The number of nitrogens with zero attached hydrogens (tertiary/aromatic N) is 1. The number of carboxylic acids is 1. The molecule has 29 heavy (non-hydrogen) atoms. The van der Waals surface area contributed by atoms with Gasteiger partial charge < -0.3 is 5.11 Å². The molecule has 1 fully saturated rings. The molecule has 150 valence electrons. The van der Waals surface area contributed by atoms with E-state index < -0.39 is 5.97 Å². The second-order valence-corrected chi connectivity index (χ2v) is 7.78. The average Bonchev–Trinajstić information content (AvgIpc) is 2.75. The van der Waals surface area contributed by atoms with E-state index in [-0.39, 0.29) is 6.54 Å². The van der Waals surface area contributed by atoms with Gasteiger partial charge in [-0.2, -0.15) is 0 Å². The largest absolute Gasteiger partial charge is 0.480 e. The Morgan fingerprint density at radius 3 is 2.41 bits per heavy atom. The maximum Gasteiger partial charge on any atom is 0.317 e. The summed E-state index contributed by atoms with van der Waals surface area (Å²) in [6.45, 7) is 0.542. The highest BCUT2D eigenvalue weighted by atomic mass is 16.4. The summed E-state index contributed by atoms with van der Waals surface area (Å²) in [5.41, 5.74) is 4.40. The molecule has 0 aromatic heterocycles. The van der Waals surface area contributed by atoms with Crippen LogP contribution in [-0.4, -0.2) is 36.1 Å². The van der Waals surface area contributed by atoms with Crippen LogP contribution in [-0.2, 0) is 4.79 Å². The molecule has 3 nitrogen and oxygen atoms in total. The van der Waals surface area contributed by atoms with Crippen molar-refractivity contribution in [1.82, 2.24) is 4.90 Å². The van der Waals surface area contributed by atoms with E-state index in [9.17, 15) is 4.79 Å². The Balaban J connectivity index is 1.75. The van der Waals surface area contributed by atoms with Gasteiger partial charge in [-0.05, 0) is 49.1 Å². The van der Waals surface area contributed by atoms with Crippen LogP contribution in [0.2, 0.25) is 0 Å². The van der Waals surface area contributed by atoms with Crippen LogP contribution in [0.3, 0.4) is 0 Å². The molecular weight excluding hydrogens is 358 g/mol. The van der Waals surface area contributed by atoms with Crippen molar-refractivity contribution in [2.24, 2.45) is 0 Å². The van der Waals surface area contributed by atoms with Crippen LogP contribution in [0.15, 0.2) is 60.7 Å². The maximum absolute atomic E-state index is 10.9. The molecule has 1 aliphatic rings. The minimum Gasteiger partial charge on any atom is -0.480 e. The Bertz CT molecular complexity index is 882. The summed E-state index contributed by atoms with van der Waals surface area (Å²) in [5, 5.41) is 8.94. The van der Waals surface area contributed by atoms with Gasteiger partial charge in [0.1, 0.15) is 0 Å². The van der Waals surface area contributed by atoms with E-state index in [4.69, 9.17) is 5.11 Å². The van der Waals surface area contributed by atoms with Crippen LogP contribution >= 0.6 is 0 Å². The molecule has 0 bridgehead atoms. The highest BCUT2D eigenvalue weighted by molar-refractivity contribution is 5.79. The third kappa shape index (κ3) is 6.62. The summed E-state index contributed by atoms with van der Waals surface area (Å²) in [5.74, 6) is 6.46. The molecule has 0 unspecified atom stereocenters. The first-order chi connectivity index (χ1) is 14.1. The molecule has 1 aliphatic carbocycles. The fraction of sp³-hybridized carbons (Fsp3) is 0.346. The van der Waals surface area contributed by atoms with Crippen LogP contribution in [0.4, 0.5) is 0 Å². The topological polar surface area (TPSA) is 40.5 Å². The fourth-order valence-electron chi connectivity index (χ4n) is 3.82. The number of carbonyl (C=O) groups is 1. The molecule has 3 rings (SSSR count). The lowest BCUT2D eigenvalue weighted by Gasteiger charge is -2.21. The quantitative estimate of drug-likeness (QED) is 0.694. The monoisotopic (exact) mass is 387 g/mol. The zero-order chi connectivity index (χ0) is 20.5. The molecule has 0 atom stereocenters. The highest BCUT2D eigenvalue weighted by Gasteiger charge is 2.14. The van der Waals surface area contributed by atoms with E-state index in [1.807, 2.05) is 36.4 Å². The van der Waals surface area contributed by atoms with Gasteiger partial charge in [0.15, 0.2) is 0 Å². The molecule has 2 aromatic carbocycles. The van der Waals surface area contributed by atoms with Gasteiger partial charge in [-0.1, -0.05) is 79.6 Å². The van der Waals surface area contributed by atoms with Crippen molar-refractivity contribution >= 4 is 11.5 Å². The Kier molecular flexibility index (Phi) is 7.67. The number of benzene rings is 2. The summed E-state index contributed by atoms with van der Waals surface area (Å²) in [6, 6.07) is 18.7. The predicted molar refractivity (Wildman–Crippen MR) is 119 cm³/mol. The summed E-state index contributed by atoms with van der Waals surface area (Å²) in [7, 11) is 1.80. The zero-order valence-electron chi connectivity index (χ0n) is 17.1. The maximum atomic E-state index is 10.9. The molecular formula is C26H29NO2. The third-order valence-corrected chi connectivity index (χ3v) is 5.43. The Labute approximate surface area is 174 Å². The average molecular weight is 388 g/mol. The van der Waals surface area contributed by atoms with Crippen molar-refractivity contribution < 1.29 is 9.90 Å². The van der Waals surface area contributed by atoms with Gasteiger partial charge >= 0.3 is 5.97 Å². The molecule has 1 saturated carbocycles. The fourth-order valence-corrected chi connectivity index (χ4v) is 3.82. The standard InChI is InChI=1S/C26H29NO2/c1-27(20-26(28)29)19-18-25(23-10-6-3-7-11-23)17-14-21-12-15-24(16-13-21)22-8-4-2-5-9-22/h3,6-7,10-13,15-16,18,22H,2,4-5,8-9,19-20H2,1H3,(H,28,29)/b25-18-. The van der Waals surface area contributed by atoms with Crippen LogP contribution in [0.5, 0.6) is 0 Å². The van der Waals surface area contributed by atoms with Crippen LogP contribution in [0.25, 0.3) is 5.57 Å². The SMILES string of the molecule is CN(C/C=C(/C#Cc1ccc(C2CCCCC2)cc1)c1ccccc1)CC(=O)O. The first-order valence-electron chi connectivity index (χ1n) is 10.4. The van der Waals surface area contributed by atoms with Crippen molar-refractivity contribution in [1.29, 1.82) is 0 Å². The van der Waals surface area contributed by atoms with E-state index in [0.717, 1.165) is 16.7 Å². The first kappa shape index (κ1) is 20.9. The molecule has 3 heteroatoms. The Morgan fingerprint density at radius 2 is 1.76 bits per heavy atom. The number of hydrogen-bond donors (Lipinski definition) is 1. The molecule has 0 amide bonds. The van der Waals surface area contributed by atoms with E-state index in [1.54, 1.807) is 11.9 Å². The molecule has 0 aliphatic heterocycles. The summed E-state index contributed by atoms with van der Waals surface area (Å²) < 4.78 is 0. The lowest BCUT2D eigenvalue weighted by molar-refractivity contribution is -0.137. The van der Waals surface area contributed by atoms with Gasteiger partial charge in [-0.3, -0.25) is 9.69 Å². The molecule has 2 aromatic rings. The van der Waals surface area contributed by atoms with Crippen molar-refractivity contribution in [3.8, 4) is 11.8 Å². The van der Waals surface area contributed by atoms with Gasteiger partial charge in [-0.15, -0.1) is 0 Å². The van der Waals surface area contributed by atoms with Gasteiger partial charge in [0.05, 0.1) is 6.54 Å². The molecule has 1 N–H and O–H groups in total. The van der Waals surface area contributed by atoms with Gasteiger partial charge in [0, 0.05) is 17.7 Å². The van der Waals surface area contributed by atoms with Crippen molar-refractivity contribution in [3.05, 3.63) is 77.4 Å². The second kappa shape index (κ2) is 10.6. The minimum absolute atomic E-state index is 0.00856. The Morgan fingerprint density at radius 1 is 1.07 bits per heavy atom. The zero-order valence-corrected chi connectivity index (χ0v) is 17.1. The number of likely N-dealkylation sites (N-methyl/N-ethyl adjacent to an activating group) is 1. The number of hydrogen-bond acceptors (Lipinski definition) is 2. The molecule has 0 radical (unpaired) electrons. The summed E-state index contributed by atoms with van der Waals surface area (Å²) in [6.07, 6.45) is 8.66. The van der Waals surface area contributed by atoms with E-state index in [2.05, 4.69) is 36.1 Å². The number of aliphatic carboxylic acids is 1. The van der Waals surface area contributed by atoms with Crippen molar-refractivity contribution in [2.75, 3.05) is 20.1 Å². The Hall–Kier alpha value is -2.83. The van der Waals surface area contributed by atoms with Crippen molar-refractivity contribution in [3.63, 3.8) is 0 Å². The van der Waals surface area contributed by atoms with E-state index in [1.165, 1.54) is 37.7 Å². The second-order valence-electron chi connectivity index (χ2n) is 7.78. The van der Waals surface area contributed by atoms with Gasteiger partial charge in [-0.25, -0.2) is 0 Å². The van der Waals surface area contributed by atoms with Crippen molar-refractivity contribution in [2.45, 2.75) is 38.0 Å². The minimum atomic E-state index is -0.827. The summed E-state index contributed by atoms with van der Waals surface area (Å²) in [4.78, 5) is 12.6. The molecule has 0 saturated heterocycles. The molecule has 0 spiro atoms. The van der Waals surface area contributed by atoms with Gasteiger partial charge in [0.2, 0.25) is 0 Å². The highest BCUT2D eigenvalue weighted by Crippen LogP contribution is 2.32. The number of allylic oxidation sites excluding steroid dienone is 1. The van der Waals surface area contributed by atoms with Crippen LogP contribution < -0.4 is 0 Å². The molecule has 0 heterocycles. The normalized spacial score (nSPS) is 15.0. The lowest BCUT2D eigenvalue weighted by Crippen LogP contribution is -2.25. The third-order valence-electron chi connectivity index (χ3n) is 5.43. The summed E-state index contributed by atoms with van der Waals surface area (Å²) >= 11 is 0. The predicted octanol–water partition coefficient (Wildman–Crippen LogP) is 5.19. The number of rotatable bonds is 6. The smallest absolute Gasteiger partial charge is 0.317 e. The van der Waals surface area contributed by atoms with Gasteiger partial charge in [0.25, 0.3) is 0 Å². The first-order valence-corrected chi connectivity index (χ1v) is 10.4. The van der Waals surface area contributed by atoms with Crippen LogP contribution in [0.1, 0.15) is 54.7 Å². The van der Waals surface area contributed by atoms with E-state index in [0.29, 0.717) is 12.5 Å². The lowest BCUT2D eigenvalue weighted by atomic mass is 9.84. The van der Waals surface area contributed by atoms with E-state index >= 15 is 0 Å². The van der Waals surface area contributed by atoms with Crippen LogP contribution in [0, 0.1) is 11.8 Å². The number of carboxylic acid groups (broad SMARTS) is 1.